The zero-order valence-electron chi connectivity index (χ0n) is 12.2. The highest BCUT2D eigenvalue weighted by Gasteiger charge is 2.30. The van der Waals surface area contributed by atoms with Crippen molar-refractivity contribution >= 4 is 21.6 Å². The van der Waals surface area contributed by atoms with Crippen LogP contribution in [-0.2, 0) is 11.3 Å². The molecule has 0 aliphatic heterocycles. The van der Waals surface area contributed by atoms with Crippen LogP contribution in [0.3, 0.4) is 0 Å². The van der Waals surface area contributed by atoms with Gasteiger partial charge in [0.1, 0.15) is 4.47 Å². The molecule has 1 fully saturated rings. The molecule has 6 heteroatoms. The van der Waals surface area contributed by atoms with Crippen LogP contribution in [0.1, 0.15) is 26.7 Å². The SMILES string of the molecule is COCCn1ncc(NC2CCC(C)C2C)c(Br)c1=O. The first-order chi connectivity index (χ1) is 9.54. The number of nitrogens with zero attached hydrogens (tertiary/aromatic N) is 2. The zero-order valence-corrected chi connectivity index (χ0v) is 13.8. The Hall–Kier alpha value is -0.880. The van der Waals surface area contributed by atoms with E-state index in [1.54, 1.807) is 13.3 Å². The molecule has 3 unspecified atom stereocenters. The minimum Gasteiger partial charge on any atom is -0.383 e. The number of aromatic nitrogens is 2. The molecule has 0 saturated heterocycles. The van der Waals surface area contributed by atoms with Crippen LogP contribution in [0, 0.1) is 11.8 Å². The first-order valence-corrected chi connectivity index (χ1v) is 7.85. The lowest BCUT2D eigenvalue weighted by atomic mass is 9.98. The third-order valence-electron chi connectivity index (χ3n) is 4.30. The molecule has 0 aromatic carbocycles. The number of ether oxygens (including phenoxy) is 1. The van der Waals surface area contributed by atoms with Crippen molar-refractivity contribution in [1.82, 2.24) is 9.78 Å². The van der Waals surface area contributed by atoms with Crippen LogP contribution in [0.25, 0.3) is 0 Å². The maximum Gasteiger partial charge on any atom is 0.283 e. The average molecular weight is 344 g/mol. The summed E-state index contributed by atoms with van der Waals surface area (Å²) in [5.74, 6) is 1.33. The highest BCUT2D eigenvalue weighted by atomic mass is 79.9. The van der Waals surface area contributed by atoms with Gasteiger partial charge in [-0.25, -0.2) is 4.68 Å². The fourth-order valence-electron chi connectivity index (χ4n) is 2.67. The quantitative estimate of drug-likeness (QED) is 0.892. The maximum absolute atomic E-state index is 12.2. The van der Waals surface area contributed by atoms with Gasteiger partial charge in [0.15, 0.2) is 0 Å². The fourth-order valence-corrected chi connectivity index (χ4v) is 3.09. The van der Waals surface area contributed by atoms with Crippen molar-refractivity contribution in [2.24, 2.45) is 11.8 Å². The van der Waals surface area contributed by atoms with Crippen LogP contribution < -0.4 is 10.9 Å². The molecule has 1 aromatic rings. The van der Waals surface area contributed by atoms with Gasteiger partial charge in [-0.15, -0.1) is 0 Å². The first kappa shape index (κ1) is 15.5. The molecule has 1 aliphatic rings. The molecule has 0 spiro atoms. The van der Waals surface area contributed by atoms with Gasteiger partial charge in [-0.2, -0.15) is 5.10 Å². The zero-order chi connectivity index (χ0) is 14.7. The standard InChI is InChI=1S/C14H22BrN3O2/c1-9-4-5-11(10(9)2)17-12-8-16-18(6-7-20-3)14(19)13(12)15/h8-11,17H,4-7H2,1-3H3. The van der Waals surface area contributed by atoms with Gasteiger partial charge in [0.25, 0.3) is 5.56 Å². The van der Waals surface area contributed by atoms with Gasteiger partial charge in [0.05, 0.1) is 25.0 Å². The Morgan fingerprint density at radius 3 is 2.85 bits per heavy atom. The van der Waals surface area contributed by atoms with Crippen LogP contribution >= 0.6 is 15.9 Å². The van der Waals surface area contributed by atoms with E-state index >= 15 is 0 Å². The van der Waals surface area contributed by atoms with Gasteiger partial charge < -0.3 is 10.1 Å². The van der Waals surface area contributed by atoms with E-state index in [2.05, 4.69) is 40.2 Å². The van der Waals surface area contributed by atoms with Crippen molar-refractivity contribution in [2.75, 3.05) is 19.0 Å². The molecule has 1 heterocycles. The third-order valence-corrected chi connectivity index (χ3v) is 5.06. The Bertz CT molecular complexity index is 518. The molecular formula is C14H22BrN3O2. The van der Waals surface area contributed by atoms with Crippen LogP contribution in [-0.4, -0.2) is 29.5 Å². The molecule has 0 amide bonds. The van der Waals surface area contributed by atoms with E-state index in [9.17, 15) is 4.79 Å². The van der Waals surface area contributed by atoms with E-state index in [1.165, 1.54) is 11.1 Å². The lowest BCUT2D eigenvalue weighted by molar-refractivity contribution is 0.181. The average Bonchev–Trinajstić information content (AvgIpc) is 2.75. The molecule has 3 atom stereocenters. The van der Waals surface area contributed by atoms with Crippen molar-refractivity contribution in [1.29, 1.82) is 0 Å². The van der Waals surface area contributed by atoms with Crippen LogP contribution in [0.5, 0.6) is 0 Å². The highest BCUT2D eigenvalue weighted by Crippen LogP contribution is 2.33. The van der Waals surface area contributed by atoms with E-state index < -0.39 is 0 Å². The molecule has 5 nitrogen and oxygen atoms in total. The third kappa shape index (κ3) is 3.23. The summed E-state index contributed by atoms with van der Waals surface area (Å²) < 4.78 is 6.94. The summed E-state index contributed by atoms with van der Waals surface area (Å²) in [6.45, 7) is 5.48. The van der Waals surface area contributed by atoms with Crippen molar-refractivity contribution in [3.05, 3.63) is 21.0 Å². The van der Waals surface area contributed by atoms with Gasteiger partial charge in [-0.1, -0.05) is 13.8 Å². The largest absolute Gasteiger partial charge is 0.383 e. The summed E-state index contributed by atoms with van der Waals surface area (Å²) in [6.07, 6.45) is 4.09. The van der Waals surface area contributed by atoms with E-state index in [0.717, 1.165) is 18.0 Å². The number of methoxy groups -OCH3 is 1. The predicted octanol–water partition coefficient (Wildman–Crippen LogP) is 2.50. The maximum atomic E-state index is 12.2. The van der Waals surface area contributed by atoms with Gasteiger partial charge in [0.2, 0.25) is 0 Å². The van der Waals surface area contributed by atoms with Gasteiger partial charge in [-0.05, 0) is 40.6 Å². The Morgan fingerprint density at radius 1 is 1.50 bits per heavy atom. The summed E-state index contributed by atoms with van der Waals surface area (Å²) in [6, 6.07) is 0.414. The van der Waals surface area contributed by atoms with E-state index in [1.807, 2.05) is 0 Å². The number of nitrogens with one attached hydrogen (secondary N) is 1. The number of anilines is 1. The fraction of sp³-hybridized carbons (Fsp3) is 0.714. The van der Waals surface area contributed by atoms with Gasteiger partial charge in [-0.3, -0.25) is 4.79 Å². The minimum absolute atomic E-state index is 0.120. The monoisotopic (exact) mass is 343 g/mol. The molecule has 20 heavy (non-hydrogen) atoms. The molecule has 1 aliphatic carbocycles. The highest BCUT2D eigenvalue weighted by molar-refractivity contribution is 9.10. The summed E-state index contributed by atoms with van der Waals surface area (Å²) in [7, 11) is 1.61. The van der Waals surface area contributed by atoms with Gasteiger partial charge >= 0.3 is 0 Å². The minimum atomic E-state index is -0.120. The summed E-state index contributed by atoms with van der Waals surface area (Å²) >= 11 is 3.39. The molecule has 0 bridgehead atoms. The van der Waals surface area contributed by atoms with Gasteiger partial charge in [0, 0.05) is 13.2 Å². The first-order valence-electron chi connectivity index (χ1n) is 7.05. The van der Waals surface area contributed by atoms with Crippen LogP contribution in [0.15, 0.2) is 15.5 Å². The Labute approximate surface area is 127 Å². The number of hydrogen-bond acceptors (Lipinski definition) is 4. The molecule has 112 valence electrons. The molecular weight excluding hydrogens is 322 g/mol. The molecule has 1 saturated carbocycles. The Balaban J connectivity index is 2.13. The van der Waals surface area contributed by atoms with Crippen molar-refractivity contribution in [3.63, 3.8) is 0 Å². The smallest absolute Gasteiger partial charge is 0.283 e. The van der Waals surface area contributed by atoms with Crippen LogP contribution in [0.2, 0.25) is 0 Å². The van der Waals surface area contributed by atoms with Crippen LogP contribution in [0.4, 0.5) is 5.69 Å². The van der Waals surface area contributed by atoms with Crippen molar-refractivity contribution in [2.45, 2.75) is 39.3 Å². The Kier molecular flexibility index (Phi) is 5.21. The number of halogens is 1. The topological polar surface area (TPSA) is 56.1 Å². The summed E-state index contributed by atoms with van der Waals surface area (Å²) in [5.41, 5.74) is 0.667. The second kappa shape index (κ2) is 6.72. The molecule has 1 N–H and O–H groups in total. The molecule has 2 rings (SSSR count). The second-order valence-corrected chi connectivity index (χ2v) is 6.35. The van der Waals surface area contributed by atoms with Crippen molar-refractivity contribution < 1.29 is 4.74 Å². The van der Waals surface area contributed by atoms with E-state index in [4.69, 9.17) is 4.74 Å². The second-order valence-electron chi connectivity index (χ2n) is 5.56. The van der Waals surface area contributed by atoms with Crippen molar-refractivity contribution in [3.8, 4) is 0 Å². The lowest BCUT2D eigenvalue weighted by Crippen LogP contribution is -2.29. The predicted molar refractivity (Wildman–Crippen MR) is 83.0 cm³/mol. The summed E-state index contributed by atoms with van der Waals surface area (Å²) in [5, 5.41) is 7.65. The Morgan fingerprint density at radius 2 is 2.25 bits per heavy atom. The number of rotatable bonds is 5. The number of hydrogen-bond donors (Lipinski definition) is 1. The normalized spacial score (nSPS) is 25.9. The molecule has 1 aromatic heterocycles. The van der Waals surface area contributed by atoms with E-state index in [-0.39, 0.29) is 5.56 Å². The summed E-state index contributed by atoms with van der Waals surface area (Å²) in [4.78, 5) is 12.2. The lowest BCUT2D eigenvalue weighted by Gasteiger charge is -2.21. The van der Waals surface area contributed by atoms with E-state index in [0.29, 0.717) is 29.6 Å². The molecule has 0 radical (unpaired) electrons.